The van der Waals surface area contributed by atoms with Crippen molar-refractivity contribution in [1.82, 2.24) is 0 Å². The number of hydrogen-bond acceptors (Lipinski definition) is 2. The van der Waals surface area contributed by atoms with Crippen LogP contribution in [0, 0.1) is 0 Å². The maximum Gasteiger partial charge on any atom is 0.157 e. The van der Waals surface area contributed by atoms with Crippen molar-refractivity contribution in [3.8, 4) is 5.75 Å². The zero-order valence-electron chi connectivity index (χ0n) is 9.33. The monoisotopic (exact) mass is 338 g/mol. The second-order valence-electron chi connectivity index (χ2n) is 3.88. The van der Waals surface area contributed by atoms with Gasteiger partial charge in [-0.2, -0.15) is 0 Å². The lowest BCUT2D eigenvalue weighted by Gasteiger charge is -2.40. The fourth-order valence-corrected chi connectivity index (χ4v) is 3.14. The number of alkyl halides is 1. The highest BCUT2D eigenvalue weighted by atomic mass is 79.9. The lowest BCUT2D eigenvalue weighted by Crippen LogP contribution is -2.52. The molecule has 1 aromatic rings. The maximum absolute atomic E-state index is 6.05. The molecule has 0 bridgehead atoms. The third-order valence-electron chi connectivity index (χ3n) is 2.73. The van der Waals surface area contributed by atoms with Crippen molar-refractivity contribution in [2.45, 2.75) is 30.4 Å². The van der Waals surface area contributed by atoms with Crippen LogP contribution in [0.25, 0.3) is 0 Å². The van der Waals surface area contributed by atoms with Gasteiger partial charge in [-0.05, 0) is 19.1 Å². The Morgan fingerprint density at radius 2 is 2.00 bits per heavy atom. The second kappa shape index (κ2) is 5.79. The van der Waals surface area contributed by atoms with E-state index in [9.17, 15) is 0 Å². The molecule has 0 N–H and O–H groups in total. The summed E-state index contributed by atoms with van der Waals surface area (Å²) in [6.45, 7) is 2.64. The van der Waals surface area contributed by atoms with E-state index in [-0.39, 0.29) is 12.2 Å². The summed E-state index contributed by atoms with van der Waals surface area (Å²) in [6.07, 6.45) is 0.968. The molecule has 0 aromatic heterocycles. The number of halogens is 3. The Morgan fingerprint density at radius 3 is 2.53 bits per heavy atom. The maximum atomic E-state index is 6.05. The average molecular weight is 340 g/mol. The van der Waals surface area contributed by atoms with Crippen LogP contribution in [0.2, 0.25) is 10.0 Å². The summed E-state index contributed by atoms with van der Waals surface area (Å²) in [4.78, 5) is 0.341. The lowest BCUT2D eigenvalue weighted by molar-refractivity contribution is -0.0722. The largest absolute Gasteiger partial charge is 0.484 e. The predicted molar refractivity (Wildman–Crippen MR) is 73.6 cm³/mol. The number of benzene rings is 1. The lowest BCUT2D eigenvalue weighted by atomic mass is 9.91. The van der Waals surface area contributed by atoms with Crippen molar-refractivity contribution >= 4 is 39.1 Å². The standard InChI is InChI=1S/C12H13BrCl2O2/c1-2-16-11-7(13)6-10(11)17-12-8(14)4-3-5-9(12)15/h3-5,7,10-11H,2,6H2,1H3. The van der Waals surface area contributed by atoms with Gasteiger partial charge in [0.2, 0.25) is 0 Å². The van der Waals surface area contributed by atoms with Gasteiger partial charge in [0.05, 0.1) is 10.0 Å². The minimum absolute atomic E-state index is 0.0109. The Hall–Kier alpha value is 0.0400. The normalized spacial score (nSPS) is 27.6. The van der Waals surface area contributed by atoms with Gasteiger partial charge >= 0.3 is 0 Å². The summed E-state index contributed by atoms with van der Waals surface area (Å²) < 4.78 is 11.4. The molecule has 94 valence electrons. The van der Waals surface area contributed by atoms with Crippen LogP contribution in [0.3, 0.4) is 0 Å². The molecule has 1 fully saturated rings. The van der Waals surface area contributed by atoms with Crippen molar-refractivity contribution in [3.63, 3.8) is 0 Å². The number of ether oxygens (including phenoxy) is 2. The molecule has 1 aliphatic rings. The Morgan fingerprint density at radius 1 is 1.35 bits per heavy atom. The zero-order chi connectivity index (χ0) is 12.4. The summed E-state index contributed by atoms with van der Waals surface area (Å²) in [5.74, 6) is 0.546. The molecule has 0 radical (unpaired) electrons. The van der Waals surface area contributed by atoms with Crippen LogP contribution >= 0.6 is 39.1 Å². The summed E-state index contributed by atoms with van der Waals surface area (Å²) >= 11 is 15.7. The van der Waals surface area contributed by atoms with Gasteiger partial charge in [-0.25, -0.2) is 0 Å². The van der Waals surface area contributed by atoms with Crippen molar-refractivity contribution in [2.24, 2.45) is 0 Å². The first-order chi connectivity index (χ1) is 8.13. The molecular weight excluding hydrogens is 327 g/mol. The minimum atomic E-state index is 0.0109. The highest BCUT2D eigenvalue weighted by Gasteiger charge is 2.42. The fourth-order valence-electron chi connectivity index (χ4n) is 1.79. The molecule has 2 rings (SSSR count). The van der Waals surface area contributed by atoms with Crippen LogP contribution in [0.15, 0.2) is 18.2 Å². The zero-order valence-corrected chi connectivity index (χ0v) is 12.4. The third-order valence-corrected chi connectivity index (χ3v) is 4.22. The molecule has 5 heteroatoms. The topological polar surface area (TPSA) is 18.5 Å². The Balaban J connectivity index is 2.06. The van der Waals surface area contributed by atoms with E-state index in [1.54, 1.807) is 18.2 Å². The highest BCUT2D eigenvalue weighted by Crippen LogP contribution is 2.39. The molecule has 17 heavy (non-hydrogen) atoms. The smallest absolute Gasteiger partial charge is 0.157 e. The van der Waals surface area contributed by atoms with E-state index >= 15 is 0 Å². The van der Waals surface area contributed by atoms with E-state index in [0.29, 0.717) is 27.2 Å². The number of rotatable bonds is 4. The van der Waals surface area contributed by atoms with Crippen LogP contribution in [0.4, 0.5) is 0 Å². The van der Waals surface area contributed by atoms with Crippen molar-refractivity contribution in [2.75, 3.05) is 6.61 Å². The summed E-state index contributed by atoms with van der Waals surface area (Å²) in [5, 5.41) is 1.07. The first-order valence-electron chi connectivity index (χ1n) is 5.49. The first kappa shape index (κ1) is 13.5. The quantitative estimate of drug-likeness (QED) is 0.761. The average Bonchev–Trinajstić information content (AvgIpc) is 2.29. The second-order valence-corrected chi connectivity index (χ2v) is 5.87. The van der Waals surface area contributed by atoms with Crippen LogP contribution < -0.4 is 4.74 Å². The molecule has 3 atom stereocenters. The van der Waals surface area contributed by atoms with Gasteiger partial charge in [-0.1, -0.05) is 45.2 Å². The van der Waals surface area contributed by atoms with Crippen molar-refractivity contribution in [1.29, 1.82) is 0 Å². The predicted octanol–water partition coefficient (Wildman–Crippen LogP) is 4.31. The van der Waals surface area contributed by atoms with Crippen LogP contribution in [0.1, 0.15) is 13.3 Å². The van der Waals surface area contributed by atoms with Gasteiger partial charge in [0, 0.05) is 17.9 Å². The first-order valence-corrected chi connectivity index (χ1v) is 7.17. The van der Waals surface area contributed by atoms with Crippen molar-refractivity contribution in [3.05, 3.63) is 28.2 Å². The van der Waals surface area contributed by atoms with E-state index in [1.165, 1.54) is 0 Å². The molecule has 0 spiro atoms. The SMILES string of the molecule is CCOC1C(Br)CC1Oc1c(Cl)cccc1Cl. The minimum Gasteiger partial charge on any atom is -0.484 e. The van der Waals surface area contributed by atoms with Gasteiger partial charge < -0.3 is 9.47 Å². The number of para-hydroxylation sites is 1. The Kier molecular flexibility index (Phi) is 4.59. The summed E-state index contributed by atoms with van der Waals surface area (Å²) in [5.41, 5.74) is 0. The van der Waals surface area contributed by atoms with E-state index in [1.807, 2.05) is 6.92 Å². The van der Waals surface area contributed by atoms with Gasteiger partial charge in [0.1, 0.15) is 12.2 Å². The molecule has 0 aliphatic heterocycles. The van der Waals surface area contributed by atoms with E-state index < -0.39 is 0 Å². The van der Waals surface area contributed by atoms with Gasteiger partial charge in [-0.3, -0.25) is 0 Å². The van der Waals surface area contributed by atoms with Gasteiger partial charge in [0.25, 0.3) is 0 Å². The Bertz CT molecular complexity index is 380. The molecule has 0 saturated heterocycles. The van der Waals surface area contributed by atoms with Crippen LogP contribution in [-0.2, 0) is 4.74 Å². The van der Waals surface area contributed by atoms with E-state index in [0.717, 1.165) is 6.42 Å². The summed E-state index contributed by atoms with van der Waals surface area (Å²) in [6, 6.07) is 5.33. The molecular formula is C12H13BrCl2O2. The third kappa shape index (κ3) is 2.90. The van der Waals surface area contributed by atoms with Gasteiger partial charge in [0.15, 0.2) is 5.75 Å². The molecule has 1 aromatic carbocycles. The fraction of sp³-hybridized carbons (Fsp3) is 0.500. The molecule has 1 aliphatic carbocycles. The van der Waals surface area contributed by atoms with Crippen molar-refractivity contribution < 1.29 is 9.47 Å². The number of hydrogen-bond donors (Lipinski definition) is 0. The van der Waals surface area contributed by atoms with Crippen LogP contribution in [0.5, 0.6) is 5.75 Å². The van der Waals surface area contributed by atoms with Gasteiger partial charge in [-0.15, -0.1) is 0 Å². The molecule has 0 heterocycles. The summed E-state index contributed by atoms with van der Waals surface area (Å²) in [7, 11) is 0. The van der Waals surface area contributed by atoms with E-state index in [4.69, 9.17) is 32.7 Å². The molecule has 3 unspecified atom stereocenters. The molecule has 2 nitrogen and oxygen atoms in total. The molecule has 0 amide bonds. The highest BCUT2D eigenvalue weighted by molar-refractivity contribution is 9.09. The van der Waals surface area contributed by atoms with Crippen LogP contribution in [-0.4, -0.2) is 23.6 Å². The Labute approximate surface area is 119 Å². The molecule has 1 saturated carbocycles. The van der Waals surface area contributed by atoms with E-state index in [2.05, 4.69) is 15.9 Å².